The van der Waals surface area contributed by atoms with E-state index in [2.05, 4.69) is 15.5 Å². The van der Waals surface area contributed by atoms with Gasteiger partial charge in [0.25, 0.3) is 5.91 Å². The number of carbonyl (C=O) groups excluding carboxylic acids is 3. The smallest absolute Gasteiger partial charge is 0.314 e. The number of ether oxygens (including phenoxy) is 3. The van der Waals surface area contributed by atoms with E-state index in [1.54, 1.807) is 20.1 Å². The minimum atomic E-state index is -0.929. The third-order valence-corrected chi connectivity index (χ3v) is 8.81. The summed E-state index contributed by atoms with van der Waals surface area (Å²) in [5.41, 5.74) is 2.91. The lowest BCUT2D eigenvalue weighted by Crippen LogP contribution is -2.46. The highest BCUT2D eigenvalue weighted by atomic mass is 16.5. The summed E-state index contributed by atoms with van der Waals surface area (Å²) in [5.74, 6) is 0.656. The second kappa shape index (κ2) is 15.9. The number of amides is 2. The Morgan fingerprint density at radius 1 is 1.09 bits per heavy atom. The molecule has 1 fully saturated rings. The van der Waals surface area contributed by atoms with Gasteiger partial charge in [-0.1, -0.05) is 49.2 Å². The SMILES string of the molecule is CCOC(=O)C1(CC2CC2)CNC(=O)CCCN(Cc2cn(C)nc2-c2ccccc2)CCNC(=O)COc2cc(ccc2OC)C1. The molecule has 1 unspecified atom stereocenters. The summed E-state index contributed by atoms with van der Waals surface area (Å²) in [4.78, 5) is 42.0. The van der Waals surface area contributed by atoms with E-state index >= 15 is 0 Å². The molecule has 1 saturated carbocycles. The van der Waals surface area contributed by atoms with Crippen LogP contribution >= 0.6 is 0 Å². The molecule has 2 N–H and O–H groups in total. The van der Waals surface area contributed by atoms with E-state index in [4.69, 9.17) is 19.3 Å². The monoisotopic (exact) mass is 645 g/mol. The molecule has 3 aromatic rings. The maximum absolute atomic E-state index is 13.6. The largest absolute Gasteiger partial charge is 0.493 e. The Bertz CT molecular complexity index is 1520. The Morgan fingerprint density at radius 2 is 1.89 bits per heavy atom. The van der Waals surface area contributed by atoms with Gasteiger partial charge >= 0.3 is 5.97 Å². The molecular formula is C36H47N5O6. The molecule has 2 aliphatic rings. The first-order valence-corrected chi connectivity index (χ1v) is 16.6. The van der Waals surface area contributed by atoms with Crippen molar-refractivity contribution in [3.8, 4) is 22.8 Å². The van der Waals surface area contributed by atoms with Crippen LogP contribution in [0.3, 0.4) is 0 Å². The van der Waals surface area contributed by atoms with Crippen molar-refractivity contribution in [2.75, 3.05) is 46.5 Å². The van der Waals surface area contributed by atoms with Crippen LogP contribution in [0, 0.1) is 11.3 Å². The number of esters is 1. The molecular weight excluding hydrogens is 598 g/mol. The molecule has 2 heterocycles. The van der Waals surface area contributed by atoms with Crippen molar-refractivity contribution in [3.05, 3.63) is 65.9 Å². The Hall–Kier alpha value is -4.38. The summed E-state index contributed by atoms with van der Waals surface area (Å²) in [5, 5.41) is 10.8. The number of hydrogen-bond acceptors (Lipinski definition) is 8. The first-order valence-electron chi connectivity index (χ1n) is 16.6. The van der Waals surface area contributed by atoms with E-state index in [1.165, 1.54) is 0 Å². The number of methoxy groups -OCH3 is 1. The standard InChI is InChI=1S/C36H47N5O6/c1-4-46-35(44)36(20-26-12-13-26)21-27-14-15-30(45-3)31(19-27)47-24-33(43)37-16-18-41(17-8-11-32(42)38-25-36)23-29-22-40(2)39-34(29)28-9-6-5-7-10-28/h5-7,9-10,14-15,19,22,26H,4,8,11-13,16-18,20-21,23-25H2,1-3H3,(H,37,43)(H,38,42). The van der Waals surface area contributed by atoms with E-state index in [1.807, 2.05) is 60.4 Å². The van der Waals surface area contributed by atoms with Crippen LogP contribution in [-0.2, 0) is 39.1 Å². The number of hydrogen-bond donors (Lipinski definition) is 2. The summed E-state index contributed by atoms with van der Waals surface area (Å²) in [6.45, 7) is 4.28. The van der Waals surface area contributed by atoms with Crippen molar-refractivity contribution in [1.82, 2.24) is 25.3 Å². The molecule has 2 aromatic carbocycles. The molecule has 0 spiro atoms. The summed E-state index contributed by atoms with van der Waals surface area (Å²) in [6.07, 6.45) is 6.03. The number of fused-ring (bicyclic) bond motifs is 2. The van der Waals surface area contributed by atoms with Crippen LogP contribution in [0.1, 0.15) is 50.2 Å². The van der Waals surface area contributed by atoms with Crippen LogP contribution < -0.4 is 20.1 Å². The summed E-state index contributed by atoms with van der Waals surface area (Å²) in [6, 6.07) is 15.5. The van der Waals surface area contributed by atoms with Crippen LogP contribution in [0.25, 0.3) is 11.3 Å². The molecule has 0 saturated heterocycles. The zero-order valence-electron chi connectivity index (χ0n) is 27.8. The topological polar surface area (TPSA) is 124 Å². The molecule has 47 heavy (non-hydrogen) atoms. The second-order valence-electron chi connectivity index (χ2n) is 12.6. The molecule has 1 aliphatic heterocycles. The summed E-state index contributed by atoms with van der Waals surface area (Å²) >= 11 is 0. The predicted octanol–water partition coefficient (Wildman–Crippen LogP) is 3.90. The van der Waals surface area contributed by atoms with Gasteiger partial charge in [0.05, 0.1) is 24.8 Å². The molecule has 2 amide bonds. The molecule has 1 atom stereocenters. The van der Waals surface area contributed by atoms with E-state index in [0.29, 0.717) is 69.3 Å². The van der Waals surface area contributed by atoms with Gasteiger partial charge in [0, 0.05) is 57.0 Å². The second-order valence-corrected chi connectivity index (χ2v) is 12.6. The number of nitrogens with zero attached hydrogens (tertiary/aromatic N) is 3. The summed E-state index contributed by atoms with van der Waals surface area (Å²) < 4.78 is 18.9. The number of aryl methyl sites for hydroxylation is 1. The highest BCUT2D eigenvalue weighted by Gasteiger charge is 2.44. The Balaban J connectivity index is 1.38. The predicted molar refractivity (Wildman–Crippen MR) is 178 cm³/mol. The molecule has 1 aliphatic carbocycles. The number of rotatable bonds is 8. The fraction of sp³-hybridized carbons (Fsp3) is 0.500. The minimum Gasteiger partial charge on any atom is -0.493 e. The summed E-state index contributed by atoms with van der Waals surface area (Å²) in [7, 11) is 3.45. The van der Waals surface area contributed by atoms with Crippen LogP contribution in [0.2, 0.25) is 0 Å². The molecule has 5 rings (SSSR count). The van der Waals surface area contributed by atoms with Gasteiger partial charge in [-0.15, -0.1) is 0 Å². The zero-order valence-corrected chi connectivity index (χ0v) is 27.8. The number of nitrogens with one attached hydrogen (secondary N) is 2. The molecule has 252 valence electrons. The van der Waals surface area contributed by atoms with Gasteiger partial charge in [0.1, 0.15) is 0 Å². The van der Waals surface area contributed by atoms with Crippen molar-refractivity contribution < 1.29 is 28.6 Å². The fourth-order valence-corrected chi connectivity index (χ4v) is 6.30. The van der Waals surface area contributed by atoms with Gasteiger partial charge in [0.15, 0.2) is 18.1 Å². The highest BCUT2D eigenvalue weighted by Crippen LogP contribution is 2.43. The average Bonchev–Trinajstić information content (AvgIpc) is 3.81. The lowest BCUT2D eigenvalue weighted by molar-refractivity contribution is -0.156. The average molecular weight is 646 g/mol. The third-order valence-electron chi connectivity index (χ3n) is 8.81. The van der Waals surface area contributed by atoms with Crippen LogP contribution in [0.5, 0.6) is 11.5 Å². The highest BCUT2D eigenvalue weighted by molar-refractivity contribution is 5.81. The molecule has 2 bridgehead atoms. The van der Waals surface area contributed by atoms with Crippen molar-refractivity contribution in [1.29, 1.82) is 0 Å². The van der Waals surface area contributed by atoms with Crippen molar-refractivity contribution in [2.45, 2.75) is 52.0 Å². The van der Waals surface area contributed by atoms with Crippen LogP contribution in [-0.4, -0.2) is 79.0 Å². The lowest BCUT2D eigenvalue weighted by Gasteiger charge is -2.32. The van der Waals surface area contributed by atoms with E-state index in [-0.39, 0.29) is 37.5 Å². The molecule has 1 aromatic heterocycles. The maximum Gasteiger partial charge on any atom is 0.314 e. The van der Waals surface area contributed by atoms with Crippen molar-refractivity contribution >= 4 is 17.8 Å². The van der Waals surface area contributed by atoms with Gasteiger partial charge in [-0.05, 0) is 56.3 Å². The number of carbonyl (C=O) groups is 3. The van der Waals surface area contributed by atoms with Gasteiger partial charge in [-0.2, -0.15) is 5.10 Å². The molecule has 0 radical (unpaired) electrons. The van der Waals surface area contributed by atoms with Gasteiger partial charge in [-0.3, -0.25) is 24.0 Å². The number of aromatic nitrogens is 2. The minimum absolute atomic E-state index is 0.103. The quantitative estimate of drug-likeness (QED) is 0.354. The third kappa shape index (κ3) is 9.34. The van der Waals surface area contributed by atoms with Crippen molar-refractivity contribution in [3.63, 3.8) is 0 Å². The number of benzene rings is 2. The molecule has 11 heteroatoms. The molecule has 11 nitrogen and oxygen atoms in total. The van der Waals surface area contributed by atoms with Crippen molar-refractivity contribution in [2.24, 2.45) is 18.4 Å². The van der Waals surface area contributed by atoms with E-state index < -0.39 is 5.41 Å². The lowest BCUT2D eigenvalue weighted by atomic mass is 9.76. The maximum atomic E-state index is 13.6. The zero-order chi connectivity index (χ0) is 33.2. The van der Waals surface area contributed by atoms with Crippen LogP contribution in [0.4, 0.5) is 0 Å². The van der Waals surface area contributed by atoms with Crippen LogP contribution in [0.15, 0.2) is 54.7 Å². The Kier molecular flexibility index (Phi) is 11.5. The van der Waals surface area contributed by atoms with E-state index in [0.717, 1.165) is 35.2 Å². The Labute approximate surface area is 276 Å². The first kappa shape index (κ1) is 34.0. The Morgan fingerprint density at radius 3 is 2.64 bits per heavy atom. The first-order chi connectivity index (χ1) is 22.8. The normalized spacial score (nSPS) is 20.2. The van der Waals surface area contributed by atoms with Gasteiger partial charge in [0.2, 0.25) is 5.91 Å². The van der Waals surface area contributed by atoms with Gasteiger partial charge < -0.3 is 24.8 Å². The van der Waals surface area contributed by atoms with E-state index in [9.17, 15) is 14.4 Å². The fourth-order valence-electron chi connectivity index (χ4n) is 6.30. The van der Waals surface area contributed by atoms with Gasteiger partial charge in [-0.25, -0.2) is 0 Å².